The van der Waals surface area contributed by atoms with Gasteiger partial charge in [0.1, 0.15) is 0 Å². The maximum atomic E-state index is 6.06. The molecule has 108 valence electrons. The third-order valence-corrected chi connectivity index (χ3v) is 3.96. The number of para-hydroxylation sites is 1. The summed E-state index contributed by atoms with van der Waals surface area (Å²) in [5.41, 5.74) is 9.46. The Hall–Kier alpha value is -1.59. The van der Waals surface area contributed by atoms with Gasteiger partial charge < -0.3 is 15.0 Å². The first kappa shape index (κ1) is 13.4. The molecule has 0 radical (unpaired) electrons. The fourth-order valence-corrected chi connectivity index (χ4v) is 2.89. The molecule has 0 atom stereocenters. The fraction of sp³-hybridized carbons (Fsp3) is 0.533. The third-order valence-electron chi connectivity index (χ3n) is 3.96. The fourth-order valence-electron chi connectivity index (χ4n) is 2.89. The van der Waals surface area contributed by atoms with Crippen molar-refractivity contribution in [3.8, 4) is 0 Å². The standard InChI is InChI=1S/C15H22N4O/c1-12-4-2-5-13-14(12)19(15(16)17-13)7-3-6-18-8-10-20-11-9-18/h2,4-5H,3,6-11H2,1H3,(H2,16,17). The van der Waals surface area contributed by atoms with Gasteiger partial charge in [-0.25, -0.2) is 4.98 Å². The molecular formula is C15H22N4O. The second kappa shape index (κ2) is 5.81. The molecular weight excluding hydrogens is 252 g/mol. The molecule has 0 saturated carbocycles. The number of morpholine rings is 1. The average Bonchev–Trinajstić information content (AvgIpc) is 2.78. The van der Waals surface area contributed by atoms with Crippen LogP contribution in [0.15, 0.2) is 18.2 Å². The highest BCUT2D eigenvalue weighted by atomic mass is 16.5. The summed E-state index contributed by atoms with van der Waals surface area (Å²) in [7, 11) is 0. The van der Waals surface area contributed by atoms with Crippen LogP contribution in [0.2, 0.25) is 0 Å². The number of imidazole rings is 1. The smallest absolute Gasteiger partial charge is 0.201 e. The molecule has 0 amide bonds. The Bertz CT molecular complexity index is 587. The Morgan fingerprint density at radius 2 is 2.05 bits per heavy atom. The molecule has 0 aliphatic carbocycles. The molecule has 3 rings (SSSR count). The van der Waals surface area contributed by atoms with E-state index in [2.05, 4.69) is 27.4 Å². The van der Waals surface area contributed by atoms with Gasteiger partial charge in [-0.05, 0) is 25.0 Å². The van der Waals surface area contributed by atoms with Crippen molar-refractivity contribution in [3.05, 3.63) is 23.8 Å². The number of anilines is 1. The Balaban J connectivity index is 1.69. The van der Waals surface area contributed by atoms with Crippen LogP contribution in [-0.2, 0) is 11.3 Å². The van der Waals surface area contributed by atoms with Gasteiger partial charge in [-0.15, -0.1) is 0 Å². The van der Waals surface area contributed by atoms with Crippen LogP contribution in [-0.4, -0.2) is 47.3 Å². The third kappa shape index (κ3) is 2.64. The highest BCUT2D eigenvalue weighted by molar-refractivity contribution is 5.81. The highest BCUT2D eigenvalue weighted by Gasteiger charge is 2.12. The number of fused-ring (bicyclic) bond motifs is 1. The van der Waals surface area contributed by atoms with Crippen LogP contribution < -0.4 is 5.73 Å². The van der Waals surface area contributed by atoms with Crippen LogP contribution in [0, 0.1) is 6.92 Å². The number of ether oxygens (including phenoxy) is 1. The first-order valence-electron chi connectivity index (χ1n) is 7.27. The molecule has 0 unspecified atom stereocenters. The number of nitrogens with zero attached hydrogens (tertiary/aromatic N) is 3. The van der Waals surface area contributed by atoms with Crippen LogP contribution in [0.3, 0.4) is 0 Å². The van der Waals surface area contributed by atoms with Crippen LogP contribution in [0.5, 0.6) is 0 Å². The summed E-state index contributed by atoms with van der Waals surface area (Å²) in [6.07, 6.45) is 1.09. The van der Waals surface area contributed by atoms with E-state index in [1.54, 1.807) is 0 Å². The van der Waals surface area contributed by atoms with Gasteiger partial charge in [-0.1, -0.05) is 12.1 Å². The zero-order chi connectivity index (χ0) is 13.9. The van der Waals surface area contributed by atoms with Crippen LogP contribution in [0.1, 0.15) is 12.0 Å². The zero-order valence-electron chi connectivity index (χ0n) is 12.0. The average molecular weight is 274 g/mol. The van der Waals surface area contributed by atoms with Crippen molar-refractivity contribution >= 4 is 17.0 Å². The molecule has 5 nitrogen and oxygen atoms in total. The van der Waals surface area contributed by atoms with E-state index >= 15 is 0 Å². The number of aromatic nitrogens is 2. The molecule has 5 heteroatoms. The summed E-state index contributed by atoms with van der Waals surface area (Å²) in [6.45, 7) is 7.92. The molecule has 1 fully saturated rings. The second-order valence-corrected chi connectivity index (χ2v) is 5.37. The van der Waals surface area contributed by atoms with Crippen molar-refractivity contribution in [2.45, 2.75) is 19.9 Å². The van der Waals surface area contributed by atoms with E-state index in [0.29, 0.717) is 5.95 Å². The second-order valence-electron chi connectivity index (χ2n) is 5.37. The highest BCUT2D eigenvalue weighted by Crippen LogP contribution is 2.21. The van der Waals surface area contributed by atoms with Gasteiger partial charge in [-0.2, -0.15) is 0 Å². The number of benzene rings is 1. The summed E-state index contributed by atoms with van der Waals surface area (Å²) in [6, 6.07) is 6.17. The minimum Gasteiger partial charge on any atom is -0.379 e. The van der Waals surface area contributed by atoms with E-state index < -0.39 is 0 Å². The maximum absolute atomic E-state index is 6.06. The molecule has 1 aromatic carbocycles. The van der Waals surface area contributed by atoms with E-state index in [-0.39, 0.29) is 0 Å². The molecule has 0 spiro atoms. The number of hydrogen-bond acceptors (Lipinski definition) is 4. The molecule has 1 saturated heterocycles. The molecule has 1 aliphatic rings. The molecule has 2 aromatic rings. The summed E-state index contributed by atoms with van der Waals surface area (Å²) in [5, 5.41) is 0. The number of rotatable bonds is 4. The quantitative estimate of drug-likeness (QED) is 0.921. The predicted molar refractivity (Wildman–Crippen MR) is 80.8 cm³/mol. The Morgan fingerprint density at radius 1 is 1.25 bits per heavy atom. The van der Waals surface area contributed by atoms with Gasteiger partial charge in [0, 0.05) is 26.2 Å². The van der Waals surface area contributed by atoms with Crippen molar-refractivity contribution in [2.75, 3.05) is 38.6 Å². The molecule has 20 heavy (non-hydrogen) atoms. The number of nitrogen functional groups attached to an aromatic ring is 1. The minimum atomic E-state index is 0.622. The Morgan fingerprint density at radius 3 is 2.85 bits per heavy atom. The van der Waals surface area contributed by atoms with Gasteiger partial charge in [0.2, 0.25) is 5.95 Å². The van der Waals surface area contributed by atoms with Crippen molar-refractivity contribution < 1.29 is 4.74 Å². The van der Waals surface area contributed by atoms with Gasteiger partial charge in [0.15, 0.2) is 0 Å². The summed E-state index contributed by atoms with van der Waals surface area (Å²) >= 11 is 0. The van der Waals surface area contributed by atoms with Gasteiger partial charge >= 0.3 is 0 Å². The molecule has 2 N–H and O–H groups in total. The normalized spacial score (nSPS) is 16.9. The molecule has 2 heterocycles. The van der Waals surface area contributed by atoms with E-state index in [9.17, 15) is 0 Å². The molecule has 0 bridgehead atoms. The topological polar surface area (TPSA) is 56.3 Å². The predicted octanol–water partition coefficient (Wildman–Crippen LogP) is 1.65. The largest absolute Gasteiger partial charge is 0.379 e. The Labute approximate surface area is 119 Å². The van der Waals surface area contributed by atoms with Crippen molar-refractivity contribution in [1.82, 2.24) is 14.5 Å². The van der Waals surface area contributed by atoms with E-state index in [1.807, 2.05) is 12.1 Å². The lowest BCUT2D eigenvalue weighted by molar-refractivity contribution is 0.0370. The summed E-state index contributed by atoms with van der Waals surface area (Å²) < 4.78 is 7.51. The van der Waals surface area contributed by atoms with Crippen LogP contribution in [0.4, 0.5) is 5.95 Å². The summed E-state index contributed by atoms with van der Waals surface area (Å²) in [4.78, 5) is 6.90. The first-order chi connectivity index (χ1) is 9.75. The van der Waals surface area contributed by atoms with E-state index in [4.69, 9.17) is 10.5 Å². The first-order valence-corrected chi connectivity index (χ1v) is 7.27. The van der Waals surface area contributed by atoms with E-state index in [1.165, 1.54) is 11.1 Å². The van der Waals surface area contributed by atoms with Crippen LogP contribution >= 0.6 is 0 Å². The van der Waals surface area contributed by atoms with Crippen molar-refractivity contribution in [2.24, 2.45) is 0 Å². The lowest BCUT2D eigenvalue weighted by Crippen LogP contribution is -2.37. The number of nitrogens with two attached hydrogens (primary N) is 1. The number of hydrogen-bond donors (Lipinski definition) is 1. The maximum Gasteiger partial charge on any atom is 0.201 e. The van der Waals surface area contributed by atoms with E-state index in [0.717, 1.165) is 51.3 Å². The number of aryl methyl sites for hydroxylation is 2. The SMILES string of the molecule is Cc1cccc2nc(N)n(CCCN3CCOCC3)c12. The van der Waals surface area contributed by atoms with Gasteiger partial charge in [0.05, 0.1) is 24.2 Å². The van der Waals surface area contributed by atoms with Crippen LogP contribution in [0.25, 0.3) is 11.0 Å². The van der Waals surface area contributed by atoms with Gasteiger partial charge in [-0.3, -0.25) is 4.90 Å². The molecule has 1 aromatic heterocycles. The lowest BCUT2D eigenvalue weighted by Gasteiger charge is -2.26. The monoisotopic (exact) mass is 274 g/mol. The Kier molecular flexibility index (Phi) is 3.89. The zero-order valence-corrected chi connectivity index (χ0v) is 12.0. The van der Waals surface area contributed by atoms with Crippen molar-refractivity contribution in [1.29, 1.82) is 0 Å². The van der Waals surface area contributed by atoms with Crippen molar-refractivity contribution in [3.63, 3.8) is 0 Å². The minimum absolute atomic E-state index is 0.622. The van der Waals surface area contributed by atoms with Gasteiger partial charge in [0.25, 0.3) is 0 Å². The molecule has 1 aliphatic heterocycles. The lowest BCUT2D eigenvalue weighted by atomic mass is 10.2. The summed E-state index contributed by atoms with van der Waals surface area (Å²) in [5.74, 6) is 0.622.